The van der Waals surface area contributed by atoms with Crippen molar-refractivity contribution >= 4 is 39.6 Å². The Labute approximate surface area is 190 Å². The molecule has 0 amide bonds. The summed E-state index contributed by atoms with van der Waals surface area (Å²) in [6.07, 6.45) is -0.904. The second kappa shape index (κ2) is 6.41. The summed E-state index contributed by atoms with van der Waals surface area (Å²) in [5, 5.41) is 16.1. The molecule has 3 aromatic rings. The van der Waals surface area contributed by atoms with Crippen LogP contribution in [0.1, 0.15) is 69.3 Å². The highest BCUT2D eigenvalue weighted by atomic mass is 35.5. The summed E-state index contributed by atoms with van der Waals surface area (Å²) in [6.45, 7) is 5.75. The van der Waals surface area contributed by atoms with Crippen LogP contribution in [0.5, 0.6) is 0 Å². The maximum Gasteiger partial charge on any atom is 0.196 e. The van der Waals surface area contributed by atoms with E-state index in [1.165, 1.54) is 0 Å². The monoisotopic (exact) mass is 447 g/mol. The highest BCUT2D eigenvalue weighted by Gasteiger charge is 2.50. The molecule has 2 bridgehead atoms. The molecular weight excluding hydrogens is 426 g/mol. The molecule has 2 heterocycles. The van der Waals surface area contributed by atoms with Gasteiger partial charge in [-0.2, -0.15) is 0 Å². The number of nitrogens with one attached hydrogen (secondary N) is 1. The molecule has 0 saturated carbocycles. The fraction of sp³-hybridized carbons (Fsp3) is 0.308. The Morgan fingerprint density at radius 2 is 1.88 bits per heavy atom. The van der Waals surface area contributed by atoms with Gasteiger partial charge in [0.25, 0.3) is 0 Å². The summed E-state index contributed by atoms with van der Waals surface area (Å²) in [6, 6.07) is 11.2. The van der Waals surface area contributed by atoms with Gasteiger partial charge in [0.05, 0.1) is 39.6 Å². The van der Waals surface area contributed by atoms with Crippen molar-refractivity contribution < 1.29 is 19.4 Å². The number of ketones is 2. The van der Waals surface area contributed by atoms with E-state index in [1.807, 2.05) is 45.0 Å². The maximum absolute atomic E-state index is 13.8. The predicted octanol–water partition coefficient (Wildman–Crippen LogP) is 4.97. The van der Waals surface area contributed by atoms with E-state index >= 15 is 0 Å². The van der Waals surface area contributed by atoms with Gasteiger partial charge in [-0.25, -0.2) is 0 Å². The van der Waals surface area contributed by atoms with E-state index in [4.69, 9.17) is 16.3 Å². The van der Waals surface area contributed by atoms with Crippen LogP contribution >= 0.6 is 11.6 Å². The van der Waals surface area contributed by atoms with Crippen LogP contribution in [0.3, 0.4) is 0 Å². The number of anilines is 1. The number of carbonyl (C=O) groups excluding carboxylic acids is 2. The van der Waals surface area contributed by atoms with Crippen molar-refractivity contribution in [1.82, 2.24) is 0 Å². The smallest absolute Gasteiger partial charge is 0.196 e. The predicted molar refractivity (Wildman–Crippen MR) is 123 cm³/mol. The molecule has 3 aliphatic rings. The van der Waals surface area contributed by atoms with Crippen molar-refractivity contribution in [2.75, 3.05) is 5.32 Å². The molecule has 6 heteroatoms. The molecule has 0 aromatic heterocycles. The third-order valence-corrected chi connectivity index (χ3v) is 7.55. The molecule has 2 N–H and O–H groups in total. The summed E-state index contributed by atoms with van der Waals surface area (Å²) in [7, 11) is 0. The van der Waals surface area contributed by atoms with E-state index in [-0.39, 0.29) is 39.9 Å². The molecule has 0 radical (unpaired) electrons. The molecule has 2 aliphatic heterocycles. The van der Waals surface area contributed by atoms with Gasteiger partial charge in [-0.05, 0) is 43.7 Å². The van der Waals surface area contributed by atoms with Crippen LogP contribution in [0.25, 0.3) is 10.8 Å². The molecule has 3 aromatic carbocycles. The number of fused-ring (bicyclic) bond motifs is 9. The lowest BCUT2D eigenvalue weighted by atomic mass is 9.73. The lowest BCUT2D eigenvalue weighted by Gasteiger charge is -2.51. The van der Waals surface area contributed by atoms with Gasteiger partial charge in [0, 0.05) is 23.1 Å². The van der Waals surface area contributed by atoms with Gasteiger partial charge in [0.2, 0.25) is 0 Å². The Kier molecular flexibility index (Phi) is 3.99. The lowest BCUT2D eigenvalue weighted by molar-refractivity contribution is -0.142. The van der Waals surface area contributed by atoms with Crippen LogP contribution < -0.4 is 5.32 Å². The van der Waals surface area contributed by atoms with Gasteiger partial charge in [0.1, 0.15) is 6.10 Å². The van der Waals surface area contributed by atoms with Crippen LogP contribution in [0.15, 0.2) is 36.4 Å². The van der Waals surface area contributed by atoms with Gasteiger partial charge in [-0.15, -0.1) is 0 Å². The Morgan fingerprint density at radius 1 is 1.09 bits per heavy atom. The number of benzene rings is 3. The zero-order chi connectivity index (χ0) is 22.5. The number of hydrogen-bond donors (Lipinski definition) is 2. The minimum Gasteiger partial charge on any atom is -0.388 e. The molecule has 1 aliphatic carbocycles. The number of aliphatic hydroxyl groups excluding tert-OH is 1. The Bertz CT molecular complexity index is 1380. The number of aliphatic hydroxyl groups is 1. The highest BCUT2D eigenvalue weighted by Crippen LogP contribution is 2.51. The van der Waals surface area contributed by atoms with Crippen molar-refractivity contribution in [1.29, 1.82) is 0 Å². The summed E-state index contributed by atoms with van der Waals surface area (Å²) in [4.78, 5) is 27.6. The number of halogens is 1. The normalized spacial score (nSPS) is 28.1. The topological polar surface area (TPSA) is 75.6 Å². The van der Waals surface area contributed by atoms with Gasteiger partial charge < -0.3 is 15.2 Å². The SMILES string of the molecule is Cc1ccc2c3c(ccc2c1)C(=O)c1c2c(cc(Cl)c1C3=O)[C@H]1C[C@@](C)(N2)[C@@H](O)[C@H](C)O1. The summed E-state index contributed by atoms with van der Waals surface area (Å²) in [5.74, 6) is -0.496. The van der Waals surface area contributed by atoms with E-state index in [0.29, 0.717) is 23.2 Å². The Morgan fingerprint density at radius 3 is 2.66 bits per heavy atom. The van der Waals surface area contributed by atoms with E-state index < -0.39 is 11.6 Å². The van der Waals surface area contributed by atoms with E-state index in [0.717, 1.165) is 21.9 Å². The third-order valence-electron chi connectivity index (χ3n) is 7.25. The number of aryl methyl sites for hydroxylation is 1. The van der Waals surface area contributed by atoms with E-state index in [2.05, 4.69) is 5.32 Å². The molecule has 5 nitrogen and oxygen atoms in total. The average Bonchev–Trinajstić information content (AvgIpc) is 2.75. The molecule has 32 heavy (non-hydrogen) atoms. The second-order valence-corrected chi connectivity index (χ2v) is 9.87. The molecule has 6 rings (SSSR count). The average molecular weight is 448 g/mol. The largest absolute Gasteiger partial charge is 0.388 e. The Balaban J connectivity index is 1.62. The maximum atomic E-state index is 13.8. The minimum absolute atomic E-state index is 0.217. The molecule has 0 spiro atoms. The summed E-state index contributed by atoms with van der Waals surface area (Å²) in [5.41, 5.74) is 2.97. The number of ether oxygens (including phenoxy) is 1. The van der Waals surface area contributed by atoms with Crippen molar-refractivity contribution in [2.45, 2.75) is 51.0 Å². The van der Waals surface area contributed by atoms with Crippen LogP contribution in [-0.2, 0) is 4.74 Å². The first-order chi connectivity index (χ1) is 15.2. The van der Waals surface area contributed by atoms with Crippen molar-refractivity contribution in [3.05, 3.63) is 74.8 Å². The minimum atomic E-state index is -0.757. The fourth-order valence-corrected chi connectivity index (χ4v) is 5.95. The Hall–Kier alpha value is -2.73. The van der Waals surface area contributed by atoms with Gasteiger partial charge in [-0.1, -0.05) is 41.4 Å². The first-order valence-corrected chi connectivity index (χ1v) is 11.2. The van der Waals surface area contributed by atoms with Crippen LogP contribution in [0.4, 0.5) is 5.69 Å². The summed E-state index contributed by atoms with van der Waals surface area (Å²) < 4.78 is 6.06. The number of hydrogen-bond acceptors (Lipinski definition) is 5. The van der Waals surface area contributed by atoms with Crippen LogP contribution in [-0.4, -0.2) is 34.4 Å². The van der Waals surface area contributed by atoms with Crippen molar-refractivity contribution in [3.63, 3.8) is 0 Å². The first-order valence-electron chi connectivity index (χ1n) is 10.8. The molecule has 162 valence electrons. The molecule has 0 unspecified atom stereocenters. The number of carbonyl (C=O) groups is 2. The first kappa shape index (κ1) is 19.9. The standard InChI is InChI=1S/C26H22ClNO4/c1-11-4-6-14-13(8-11)5-7-15-19(14)24(30)20-17(27)9-16-18-10-26(3,25(31)12(2)32-18)28-22(16)21(20)23(15)29/h4-9,12,18,25,28,31H,10H2,1-3H3/t12-,18+,25-,26+/m0/s1. The van der Waals surface area contributed by atoms with Crippen molar-refractivity contribution in [2.24, 2.45) is 0 Å². The molecular formula is C26H22ClNO4. The number of rotatable bonds is 0. The van der Waals surface area contributed by atoms with Crippen LogP contribution in [0.2, 0.25) is 5.02 Å². The zero-order valence-corrected chi connectivity index (χ0v) is 18.7. The van der Waals surface area contributed by atoms with E-state index in [9.17, 15) is 14.7 Å². The third kappa shape index (κ3) is 2.47. The second-order valence-electron chi connectivity index (χ2n) is 9.46. The van der Waals surface area contributed by atoms with Gasteiger partial charge >= 0.3 is 0 Å². The molecule has 4 atom stereocenters. The highest BCUT2D eigenvalue weighted by molar-refractivity contribution is 6.41. The zero-order valence-electron chi connectivity index (χ0n) is 18.0. The summed E-state index contributed by atoms with van der Waals surface area (Å²) >= 11 is 6.65. The molecule has 1 saturated heterocycles. The van der Waals surface area contributed by atoms with Crippen LogP contribution in [0, 0.1) is 6.92 Å². The van der Waals surface area contributed by atoms with E-state index in [1.54, 1.807) is 12.1 Å². The molecule has 1 fully saturated rings. The van der Waals surface area contributed by atoms with Crippen molar-refractivity contribution in [3.8, 4) is 0 Å². The fourth-order valence-electron chi connectivity index (χ4n) is 5.65. The lowest BCUT2D eigenvalue weighted by Crippen LogP contribution is -2.59. The van der Waals surface area contributed by atoms with Gasteiger partial charge in [0.15, 0.2) is 11.6 Å². The quantitative estimate of drug-likeness (QED) is 0.398. The van der Waals surface area contributed by atoms with Gasteiger partial charge in [-0.3, -0.25) is 9.59 Å².